The van der Waals surface area contributed by atoms with Crippen molar-refractivity contribution < 1.29 is 14.1 Å². The molecule has 0 aliphatic carbocycles. The maximum atomic E-state index is 13.1. The zero-order valence-electron chi connectivity index (χ0n) is 14.4. The second-order valence-electron chi connectivity index (χ2n) is 6.75. The third-order valence-corrected chi connectivity index (χ3v) is 5.23. The minimum Gasteiger partial charge on any atom is -0.337 e. The smallest absolute Gasteiger partial charge is 0.249 e. The van der Waals surface area contributed by atoms with Gasteiger partial charge in [-0.05, 0) is 44.0 Å². The van der Waals surface area contributed by atoms with Crippen LogP contribution < -0.4 is 4.90 Å². The molecule has 2 aliphatic heterocycles. The van der Waals surface area contributed by atoms with Gasteiger partial charge in [-0.15, -0.1) is 0 Å². The summed E-state index contributed by atoms with van der Waals surface area (Å²) in [6.07, 6.45) is 1.90. The highest BCUT2D eigenvalue weighted by atomic mass is 35.5. The van der Waals surface area contributed by atoms with Crippen molar-refractivity contribution in [3.63, 3.8) is 0 Å². The van der Waals surface area contributed by atoms with Crippen LogP contribution in [0, 0.1) is 12.8 Å². The molecule has 2 amide bonds. The van der Waals surface area contributed by atoms with E-state index in [0.29, 0.717) is 29.8 Å². The number of amides is 2. The van der Waals surface area contributed by atoms with Gasteiger partial charge >= 0.3 is 0 Å². The largest absolute Gasteiger partial charge is 0.337 e. The van der Waals surface area contributed by atoms with E-state index in [4.69, 9.17) is 16.1 Å². The molecule has 26 heavy (non-hydrogen) atoms. The number of hydrogen-bond donors (Lipinski definition) is 0. The van der Waals surface area contributed by atoms with Gasteiger partial charge in [0.1, 0.15) is 6.04 Å². The fourth-order valence-corrected chi connectivity index (χ4v) is 3.84. The first kappa shape index (κ1) is 17.0. The van der Waals surface area contributed by atoms with Gasteiger partial charge in [0.25, 0.3) is 0 Å². The van der Waals surface area contributed by atoms with E-state index in [1.54, 1.807) is 41.0 Å². The van der Waals surface area contributed by atoms with Gasteiger partial charge in [0, 0.05) is 30.2 Å². The van der Waals surface area contributed by atoms with Crippen LogP contribution >= 0.6 is 11.6 Å². The van der Waals surface area contributed by atoms with Crippen LogP contribution in [0.15, 0.2) is 28.8 Å². The van der Waals surface area contributed by atoms with E-state index in [9.17, 15) is 9.59 Å². The second kappa shape index (κ2) is 6.72. The van der Waals surface area contributed by atoms with E-state index in [0.717, 1.165) is 18.5 Å². The van der Waals surface area contributed by atoms with Crippen LogP contribution in [-0.4, -0.2) is 39.9 Å². The molecule has 8 heteroatoms. The van der Waals surface area contributed by atoms with E-state index in [-0.39, 0.29) is 30.2 Å². The molecule has 0 spiro atoms. The number of aryl methyl sites for hydroxylation is 1. The van der Waals surface area contributed by atoms with E-state index >= 15 is 0 Å². The average molecular weight is 375 g/mol. The van der Waals surface area contributed by atoms with Gasteiger partial charge in [-0.25, -0.2) is 0 Å². The third kappa shape index (κ3) is 3.07. The van der Waals surface area contributed by atoms with E-state index in [2.05, 4.69) is 10.1 Å². The Morgan fingerprint density at radius 3 is 2.77 bits per heavy atom. The lowest BCUT2D eigenvalue weighted by Gasteiger charge is -2.25. The molecule has 2 fully saturated rings. The minimum absolute atomic E-state index is 0.0202. The van der Waals surface area contributed by atoms with Crippen LogP contribution in [0.25, 0.3) is 0 Å². The molecule has 2 saturated heterocycles. The van der Waals surface area contributed by atoms with E-state index in [1.807, 2.05) is 0 Å². The molecule has 3 heterocycles. The van der Waals surface area contributed by atoms with E-state index < -0.39 is 0 Å². The summed E-state index contributed by atoms with van der Waals surface area (Å²) in [5.41, 5.74) is 0.764. The molecule has 4 rings (SSSR count). The SMILES string of the molecule is Cc1noc(C2CCCN2C(=O)C2CC(=O)N(c3ccc(Cl)cc3)C2)n1. The zero-order valence-corrected chi connectivity index (χ0v) is 15.1. The lowest BCUT2D eigenvalue weighted by atomic mass is 10.1. The van der Waals surface area contributed by atoms with Crippen molar-refractivity contribution in [1.82, 2.24) is 15.0 Å². The second-order valence-corrected chi connectivity index (χ2v) is 7.19. The van der Waals surface area contributed by atoms with Crippen LogP contribution in [0.3, 0.4) is 0 Å². The molecular weight excluding hydrogens is 356 g/mol. The topological polar surface area (TPSA) is 79.5 Å². The molecule has 136 valence electrons. The van der Waals surface area contributed by atoms with Crippen LogP contribution in [0.1, 0.15) is 37.0 Å². The van der Waals surface area contributed by atoms with Crippen molar-refractivity contribution in [2.75, 3.05) is 18.0 Å². The number of halogens is 1. The molecule has 1 aromatic carbocycles. The Morgan fingerprint density at radius 1 is 1.31 bits per heavy atom. The lowest BCUT2D eigenvalue weighted by molar-refractivity contribution is -0.137. The highest BCUT2D eigenvalue weighted by Gasteiger charge is 2.42. The number of hydrogen-bond acceptors (Lipinski definition) is 5. The third-order valence-electron chi connectivity index (χ3n) is 4.98. The Labute approximate surface area is 155 Å². The van der Waals surface area contributed by atoms with Gasteiger partial charge in [0.05, 0.1) is 5.92 Å². The van der Waals surface area contributed by atoms with Crippen molar-refractivity contribution in [2.45, 2.75) is 32.2 Å². The Bertz CT molecular complexity index is 835. The normalized spacial score (nSPS) is 23.1. The quantitative estimate of drug-likeness (QED) is 0.825. The van der Waals surface area contributed by atoms with Crippen molar-refractivity contribution in [3.8, 4) is 0 Å². The predicted octanol–water partition coefficient (Wildman–Crippen LogP) is 2.75. The van der Waals surface area contributed by atoms with Crippen molar-refractivity contribution in [1.29, 1.82) is 0 Å². The Kier molecular flexibility index (Phi) is 4.40. The van der Waals surface area contributed by atoms with Crippen LogP contribution in [0.4, 0.5) is 5.69 Å². The molecule has 2 aromatic rings. The summed E-state index contributed by atoms with van der Waals surface area (Å²) in [4.78, 5) is 33.2. The van der Waals surface area contributed by atoms with Gasteiger partial charge in [0.15, 0.2) is 5.82 Å². The number of rotatable bonds is 3. The van der Waals surface area contributed by atoms with Crippen LogP contribution in [0.2, 0.25) is 5.02 Å². The Balaban J connectivity index is 1.50. The predicted molar refractivity (Wildman–Crippen MR) is 94.6 cm³/mol. The highest BCUT2D eigenvalue weighted by molar-refractivity contribution is 6.30. The molecule has 0 bridgehead atoms. The minimum atomic E-state index is -0.359. The molecule has 2 aliphatic rings. The first-order chi connectivity index (χ1) is 12.5. The monoisotopic (exact) mass is 374 g/mol. The molecule has 0 saturated carbocycles. The van der Waals surface area contributed by atoms with Gasteiger partial charge in [-0.3, -0.25) is 9.59 Å². The Morgan fingerprint density at radius 2 is 2.08 bits per heavy atom. The fraction of sp³-hybridized carbons (Fsp3) is 0.444. The molecule has 0 radical (unpaired) electrons. The van der Waals surface area contributed by atoms with Gasteiger partial charge < -0.3 is 14.3 Å². The van der Waals surface area contributed by atoms with Gasteiger partial charge in [0.2, 0.25) is 17.7 Å². The number of benzene rings is 1. The molecule has 7 nitrogen and oxygen atoms in total. The first-order valence-corrected chi connectivity index (χ1v) is 9.07. The number of likely N-dealkylation sites (tertiary alicyclic amines) is 1. The summed E-state index contributed by atoms with van der Waals surface area (Å²) in [6.45, 7) is 2.79. The van der Waals surface area contributed by atoms with E-state index in [1.165, 1.54) is 0 Å². The summed E-state index contributed by atoms with van der Waals surface area (Å²) in [6, 6.07) is 6.89. The summed E-state index contributed by atoms with van der Waals surface area (Å²) in [5, 5.41) is 4.44. The molecule has 0 N–H and O–H groups in total. The average Bonchev–Trinajstić information content (AvgIpc) is 3.34. The number of aromatic nitrogens is 2. The number of carbonyl (C=O) groups is 2. The number of anilines is 1. The molecule has 2 atom stereocenters. The zero-order chi connectivity index (χ0) is 18.3. The fourth-order valence-electron chi connectivity index (χ4n) is 3.71. The van der Waals surface area contributed by atoms with Gasteiger partial charge in [-0.1, -0.05) is 16.8 Å². The summed E-state index contributed by atoms with van der Waals surface area (Å²) in [5.74, 6) is 0.613. The van der Waals surface area contributed by atoms with Crippen molar-refractivity contribution in [2.24, 2.45) is 5.92 Å². The molecular formula is C18H19ClN4O3. The van der Waals surface area contributed by atoms with Crippen LogP contribution in [-0.2, 0) is 9.59 Å². The molecule has 2 unspecified atom stereocenters. The summed E-state index contributed by atoms with van der Waals surface area (Å²) in [7, 11) is 0. The van der Waals surface area contributed by atoms with Crippen molar-refractivity contribution >= 4 is 29.1 Å². The van der Waals surface area contributed by atoms with Crippen LogP contribution in [0.5, 0.6) is 0 Å². The summed E-state index contributed by atoms with van der Waals surface area (Å²) >= 11 is 5.91. The van der Waals surface area contributed by atoms with Crippen molar-refractivity contribution in [3.05, 3.63) is 41.0 Å². The van der Waals surface area contributed by atoms with Gasteiger partial charge in [-0.2, -0.15) is 4.98 Å². The number of nitrogens with zero attached hydrogens (tertiary/aromatic N) is 4. The molecule has 1 aromatic heterocycles. The summed E-state index contributed by atoms with van der Waals surface area (Å²) < 4.78 is 5.27. The Hall–Kier alpha value is -2.41. The maximum absolute atomic E-state index is 13.1. The first-order valence-electron chi connectivity index (χ1n) is 8.69. The maximum Gasteiger partial charge on any atom is 0.249 e. The highest BCUT2D eigenvalue weighted by Crippen LogP contribution is 2.35. The number of carbonyl (C=O) groups excluding carboxylic acids is 2. The lowest BCUT2D eigenvalue weighted by Crippen LogP contribution is -2.37. The standard InChI is InChI=1S/C18H19ClN4O3/c1-11-20-17(26-21-11)15-3-2-8-22(15)18(25)12-9-16(24)23(10-12)14-6-4-13(19)5-7-14/h4-7,12,15H,2-3,8-10H2,1H3.